The quantitative estimate of drug-likeness (QED) is 0.465. The Morgan fingerprint density at radius 1 is 1.16 bits per heavy atom. The van der Waals surface area contributed by atoms with Crippen molar-refractivity contribution in [2.24, 2.45) is 7.05 Å². The van der Waals surface area contributed by atoms with E-state index in [2.05, 4.69) is 25.3 Å². The number of aryl methyl sites for hydroxylation is 2. The molecule has 32 heavy (non-hydrogen) atoms. The predicted octanol–water partition coefficient (Wildman–Crippen LogP) is 1.94. The molecule has 1 N–H and O–H groups in total. The number of hydrogen-bond donors (Lipinski definition) is 1. The van der Waals surface area contributed by atoms with Gasteiger partial charge in [0.25, 0.3) is 5.89 Å². The molecule has 11 heteroatoms. The minimum absolute atomic E-state index is 0.0870. The molecule has 0 spiro atoms. The van der Waals surface area contributed by atoms with Gasteiger partial charge in [0.15, 0.2) is 0 Å². The van der Waals surface area contributed by atoms with Crippen LogP contribution in [-0.2, 0) is 13.5 Å². The van der Waals surface area contributed by atoms with Gasteiger partial charge in [0.2, 0.25) is 0 Å². The predicted molar refractivity (Wildman–Crippen MR) is 112 cm³/mol. The smallest absolute Gasteiger partial charge is 0.312 e. The van der Waals surface area contributed by atoms with Crippen molar-refractivity contribution in [3.05, 3.63) is 71.5 Å². The average molecular weight is 429 g/mol. The first-order chi connectivity index (χ1) is 15.6. The molecule has 5 aromatic heterocycles. The Bertz CT molecular complexity index is 1460. The van der Waals surface area contributed by atoms with Crippen molar-refractivity contribution in [2.45, 2.75) is 19.4 Å². The first-order valence-corrected chi connectivity index (χ1v) is 10.2. The minimum Gasteiger partial charge on any atom is -0.411 e. The summed E-state index contributed by atoms with van der Waals surface area (Å²) in [5, 5.41) is 17.1. The summed E-state index contributed by atoms with van der Waals surface area (Å²) in [5.41, 5.74) is 5.02. The minimum atomic E-state index is -0.470. The molecule has 0 aliphatic carbocycles. The molecule has 1 unspecified atom stereocenters. The highest BCUT2D eigenvalue weighted by Gasteiger charge is 2.39. The van der Waals surface area contributed by atoms with Gasteiger partial charge in [0.1, 0.15) is 11.7 Å². The number of carbonyl (C=O) groups excluding carboxylic acids is 1. The summed E-state index contributed by atoms with van der Waals surface area (Å²) < 4.78 is 9.15. The summed E-state index contributed by atoms with van der Waals surface area (Å²) in [5.74, 6) is -0.252. The maximum Gasteiger partial charge on any atom is 0.312 e. The van der Waals surface area contributed by atoms with Crippen LogP contribution in [0.3, 0.4) is 0 Å². The van der Waals surface area contributed by atoms with Crippen molar-refractivity contribution in [1.82, 2.24) is 44.5 Å². The molecule has 0 fully saturated rings. The Labute approximate surface area is 181 Å². The molecular weight excluding hydrogens is 410 g/mol. The number of amides is 1. The van der Waals surface area contributed by atoms with Crippen LogP contribution in [0.1, 0.15) is 39.4 Å². The number of aromatic nitrogens is 8. The second kappa shape index (κ2) is 6.87. The van der Waals surface area contributed by atoms with Crippen molar-refractivity contribution >= 4 is 11.4 Å². The van der Waals surface area contributed by atoms with Gasteiger partial charge < -0.3 is 14.3 Å². The zero-order chi connectivity index (χ0) is 21.8. The third kappa shape index (κ3) is 2.74. The second-order valence-electron chi connectivity index (χ2n) is 7.75. The number of imidazole rings is 1. The highest BCUT2D eigenvalue weighted by molar-refractivity contribution is 5.90. The number of aromatic amines is 1. The van der Waals surface area contributed by atoms with Crippen LogP contribution >= 0.6 is 0 Å². The third-order valence-electron chi connectivity index (χ3n) is 5.81. The molecule has 5 aromatic rings. The zero-order valence-electron chi connectivity index (χ0n) is 17.4. The fraction of sp³-hybridized carbons (Fsp3) is 0.238. The van der Waals surface area contributed by atoms with E-state index in [1.807, 2.05) is 35.8 Å². The Balaban J connectivity index is 1.43. The van der Waals surface area contributed by atoms with Crippen molar-refractivity contribution in [2.75, 3.05) is 6.54 Å². The highest BCUT2D eigenvalue weighted by Crippen LogP contribution is 2.36. The Hall–Kier alpha value is -4.28. The van der Waals surface area contributed by atoms with Gasteiger partial charge in [-0.05, 0) is 25.1 Å². The molecule has 1 amide bonds. The largest absolute Gasteiger partial charge is 0.411 e. The summed E-state index contributed by atoms with van der Waals surface area (Å²) >= 11 is 0. The molecule has 11 nitrogen and oxygen atoms in total. The number of H-pyrrole nitrogens is 1. The summed E-state index contributed by atoms with van der Waals surface area (Å²) in [7, 11) is 1.79. The molecule has 0 saturated heterocycles. The monoisotopic (exact) mass is 429 g/mol. The second-order valence-corrected chi connectivity index (χ2v) is 7.75. The average Bonchev–Trinajstić information content (AvgIpc) is 3.59. The summed E-state index contributed by atoms with van der Waals surface area (Å²) in [4.78, 5) is 22.9. The lowest BCUT2D eigenvalue weighted by molar-refractivity contribution is 0.0646. The summed E-state index contributed by atoms with van der Waals surface area (Å²) in [6, 6.07) is 7.17. The van der Waals surface area contributed by atoms with Crippen LogP contribution in [0.2, 0.25) is 0 Å². The standard InChI is InChI=1S/C21H19N9O2/c1-12-15-5-3-4-8-30(15)27-16(12)18-17-13(22-11-23-17)7-10-29(18)21(31)20-25-24-19(32-20)14-6-9-28(2)26-14/h3-6,8-9,11,18H,7,10H2,1-2H3,(H,22,23). The zero-order valence-corrected chi connectivity index (χ0v) is 17.4. The molecule has 6 rings (SSSR count). The topological polar surface area (TPSA) is 123 Å². The SMILES string of the molecule is Cc1c(C2c3nc[nH]c3CCN2C(=O)c2nnc(-c3ccn(C)n3)o2)nn2ccccc12. The van der Waals surface area contributed by atoms with Gasteiger partial charge in [-0.15, -0.1) is 10.2 Å². The van der Waals surface area contributed by atoms with E-state index in [9.17, 15) is 4.79 Å². The number of nitrogens with zero attached hydrogens (tertiary/aromatic N) is 8. The first kappa shape index (κ1) is 18.5. The highest BCUT2D eigenvalue weighted by atomic mass is 16.4. The van der Waals surface area contributed by atoms with Crippen LogP contribution in [-0.4, -0.2) is 56.9 Å². The molecule has 1 atom stereocenters. The Kier molecular flexibility index (Phi) is 3.97. The molecule has 0 radical (unpaired) electrons. The van der Waals surface area contributed by atoms with Gasteiger partial charge in [-0.1, -0.05) is 6.07 Å². The molecular formula is C21H19N9O2. The number of pyridine rings is 1. The summed E-state index contributed by atoms with van der Waals surface area (Å²) in [6.45, 7) is 2.47. The number of hydrogen-bond acceptors (Lipinski definition) is 7. The van der Waals surface area contributed by atoms with E-state index < -0.39 is 6.04 Å². The van der Waals surface area contributed by atoms with Gasteiger partial charge in [0, 0.05) is 43.7 Å². The van der Waals surface area contributed by atoms with Crippen LogP contribution in [0.25, 0.3) is 17.1 Å². The number of nitrogens with one attached hydrogen (secondary N) is 1. The Morgan fingerprint density at radius 2 is 2.06 bits per heavy atom. The molecule has 0 aromatic carbocycles. The molecule has 0 bridgehead atoms. The van der Waals surface area contributed by atoms with Gasteiger partial charge in [-0.3, -0.25) is 9.48 Å². The Morgan fingerprint density at radius 3 is 2.88 bits per heavy atom. The lowest BCUT2D eigenvalue weighted by Crippen LogP contribution is -2.41. The third-order valence-corrected chi connectivity index (χ3v) is 5.81. The van der Waals surface area contributed by atoms with E-state index in [0.29, 0.717) is 18.7 Å². The molecule has 1 aliphatic heterocycles. The van der Waals surface area contributed by atoms with Crippen molar-refractivity contribution in [3.63, 3.8) is 0 Å². The van der Waals surface area contributed by atoms with Gasteiger partial charge >= 0.3 is 11.8 Å². The number of fused-ring (bicyclic) bond motifs is 2. The van der Waals surface area contributed by atoms with E-state index in [1.54, 1.807) is 35.2 Å². The van der Waals surface area contributed by atoms with E-state index >= 15 is 0 Å². The normalized spacial score (nSPS) is 15.9. The van der Waals surface area contributed by atoms with E-state index in [4.69, 9.17) is 9.52 Å². The molecule has 1 aliphatic rings. The summed E-state index contributed by atoms with van der Waals surface area (Å²) in [6.07, 6.45) is 5.96. The maximum absolute atomic E-state index is 13.5. The van der Waals surface area contributed by atoms with Crippen LogP contribution in [0, 0.1) is 6.92 Å². The lowest BCUT2D eigenvalue weighted by atomic mass is 9.97. The van der Waals surface area contributed by atoms with Crippen LogP contribution in [0.4, 0.5) is 0 Å². The van der Waals surface area contributed by atoms with Crippen LogP contribution < -0.4 is 0 Å². The van der Waals surface area contributed by atoms with Gasteiger partial charge in [-0.2, -0.15) is 10.2 Å². The van der Waals surface area contributed by atoms with Gasteiger partial charge in [-0.25, -0.2) is 9.50 Å². The van der Waals surface area contributed by atoms with Gasteiger partial charge in [0.05, 0.1) is 23.2 Å². The molecule has 0 saturated carbocycles. The lowest BCUT2D eigenvalue weighted by Gasteiger charge is -2.33. The van der Waals surface area contributed by atoms with Crippen LogP contribution in [0.5, 0.6) is 0 Å². The van der Waals surface area contributed by atoms with E-state index in [-0.39, 0.29) is 17.7 Å². The molecule has 160 valence electrons. The number of rotatable bonds is 3. The molecule has 6 heterocycles. The fourth-order valence-electron chi connectivity index (χ4n) is 4.24. The van der Waals surface area contributed by atoms with Crippen LogP contribution in [0.15, 0.2) is 47.4 Å². The fourth-order valence-corrected chi connectivity index (χ4v) is 4.24. The van der Waals surface area contributed by atoms with Crippen molar-refractivity contribution < 1.29 is 9.21 Å². The van der Waals surface area contributed by atoms with E-state index in [0.717, 1.165) is 28.2 Å². The number of carbonyl (C=O) groups is 1. The first-order valence-electron chi connectivity index (χ1n) is 10.2. The van der Waals surface area contributed by atoms with E-state index in [1.165, 1.54) is 0 Å². The van der Waals surface area contributed by atoms with Crippen molar-refractivity contribution in [3.8, 4) is 11.6 Å². The van der Waals surface area contributed by atoms with Crippen molar-refractivity contribution in [1.29, 1.82) is 0 Å². The maximum atomic E-state index is 13.5.